The number of nitrogens with zero attached hydrogens (tertiary/aromatic N) is 4. The molecule has 1 aromatic carbocycles. The van der Waals surface area contributed by atoms with Crippen LogP contribution < -0.4 is 5.32 Å². The van der Waals surface area contributed by atoms with Crippen molar-refractivity contribution in [2.75, 3.05) is 13.1 Å². The Kier molecular flexibility index (Phi) is 3.20. The second-order valence-electron chi connectivity index (χ2n) is 4.56. The maximum atomic E-state index is 13.3. The number of benzene rings is 1. The van der Waals surface area contributed by atoms with Crippen LogP contribution in [-0.4, -0.2) is 33.3 Å². The lowest BCUT2D eigenvalue weighted by molar-refractivity contribution is 0.340. The molecule has 1 saturated heterocycles. The predicted molar refractivity (Wildman–Crippen MR) is 64.3 cm³/mol. The zero-order valence-electron chi connectivity index (χ0n) is 10.2. The first-order valence-electron chi connectivity index (χ1n) is 6.20. The standard InChI is InChI=1S/C12H13F2N5/c13-10-2-1-8(7-11(10)14)12-16-17-18-19(12)9-3-5-15-6-4-9/h1-2,7,9,15H,3-6H2. The molecule has 0 radical (unpaired) electrons. The van der Waals surface area contributed by atoms with Crippen molar-refractivity contribution in [3.05, 3.63) is 29.8 Å². The summed E-state index contributed by atoms with van der Waals surface area (Å²) in [6.45, 7) is 1.81. The molecule has 1 fully saturated rings. The molecule has 0 aliphatic carbocycles. The minimum absolute atomic E-state index is 0.194. The molecule has 7 heteroatoms. The molecular formula is C12H13F2N5. The Balaban J connectivity index is 1.96. The highest BCUT2D eigenvalue weighted by Gasteiger charge is 2.21. The zero-order valence-corrected chi connectivity index (χ0v) is 10.2. The van der Waals surface area contributed by atoms with Crippen molar-refractivity contribution in [3.63, 3.8) is 0 Å². The van der Waals surface area contributed by atoms with Crippen molar-refractivity contribution in [1.82, 2.24) is 25.5 Å². The highest BCUT2D eigenvalue weighted by molar-refractivity contribution is 5.54. The molecule has 0 saturated carbocycles. The molecule has 1 aliphatic heterocycles. The molecule has 1 aliphatic rings. The lowest BCUT2D eigenvalue weighted by atomic mass is 10.1. The summed E-state index contributed by atoms with van der Waals surface area (Å²) in [5.74, 6) is -1.28. The number of piperidine rings is 1. The predicted octanol–water partition coefficient (Wildman–Crippen LogP) is 1.54. The fraction of sp³-hybridized carbons (Fsp3) is 0.417. The summed E-state index contributed by atoms with van der Waals surface area (Å²) >= 11 is 0. The summed E-state index contributed by atoms with van der Waals surface area (Å²) in [7, 11) is 0. The number of hydrogen-bond acceptors (Lipinski definition) is 4. The van der Waals surface area contributed by atoms with E-state index in [0.29, 0.717) is 11.4 Å². The monoisotopic (exact) mass is 265 g/mol. The van der Waals surface area contributed by atoms with Gasteiger partial charge in [-0.2, -0.15) is 0 Å². The minimum atomic E-state index is -0.891. The SMILES string of the molecule is Fc1ccc(-c2nnnn2C2CCNCC2)cc1F. The molecular weight excluding hydrogens is 252 g/mol. The van der Waals surface area contributed by atoms with Crippen LogP contribution >= 0.6 is 0 Å². The summed E-state index contributed by atoms with van der Waals surface area (Å²) < 4.78 is 27.9. The molecule has 0 bridgehead atoms. The highest BCUT2D eigenvalue weighted by Crippen LogP contribution is 2.25. The summed E-state index contributed by atoms with van der Waals surface area (Å²) in [6, 6.07) is 3.89. The lowest BCUT2D eigenvalue weighted by Crippen LogP contribution is -2.30. The van der Waals surface area contributed by atoms with Gasteiger partial charge in [-0.3, -0.25) is 0 Å². The maximum Gasteiger partial charge on any atom is 0.182 e. The number of tetrazole rings is 1. The van der Waals surface area contributed by atoms with E-state index in [4.69, 9.17) is 0 Å². The molecule has 0 spiro atoms. The molecule has 1 N–H and O–H groups in total. The van der Waals surface area contributed by atoms with Crippen molar-refractivity contribution in [1.29, 1.82) is 0 Å². The Morgan fingerprint density at radius 3 is 2.68 bits per heavy atom. The van der Waals surface area contributed by atoms with Gasteiger partial charge in [0.05, 0.1) is 6.04 Å². The Labute approximate surface area is 108 Å². The third kappa shape index (κ3) is 2.33. The lowest BCUT2D eigenvalue weighted by Gasteiger charge is -2.23. The molecule has 19 heavy (non-hydrogen) atoms. The smallest absolute Gasteiger partial charge is 0.182 e. The molecule has 2 aromatic rings. The van der Waals surface area contributed by atoms with Crippen LogP contribution in [0.1, 0.15) is 18.9 Å². The summed E-state index contributed by atoms with van der Waals surface area (Å²) in [4.78, 5) is 0. The van der Waals surface area contributed by atoms with E-state index in [1.54, 1.807) is 4.68 Å². The van der Waals surface area contributed by atoms with E-state index >= 15 is 0 Å². The van der Waals surface area contributed by atoms with Crippen LogP contribution in [0.25, 0.3) is 11.4 Å². The van der Waals surface area contributed by atoms with Gasteiger partial charge in [0.15, 0.2) is 17.5 Å². The number of nitrogens with one attached hydrogen (secondary N) is 1. The summed E-state index contributed by atoms with van der Waals surface area (Å²) in [5.41, 5.74) is 0.488. The fourth-order valence-corrected chi connectivity index (χ4v) is 2.32. The largest absolute Gasteiger partial charge is 0.317 e. The zero-order chi connectivity index (χ0) is 13.2. The van der Waals surface area contributed by atoms with Gasteiger partial charge in [-0.25, -0.2) is 13.5 Å². The van der Waals surface area contributed by atoms with Crippen LogP contribution in [0.3, 0.4) is 0 Å². The third-order valence-electron chi connectivity index (χ3n) is 3.33. The van der Waals surface area contributed by atoms with E-state index < -0.39 is 11.6 Å². The normalized spacial score (nSPS) is 16.7. The van der Waals surface area contributed by atoms with Crippen molar-refractivity contribution in [2.24, 2.45) is 0 Å². The van der Waals surface area contributed by atoms with Crippen molar-refractivity contribution in [2.45, 2.75) is 18.9 Å². The Bertz CT molecular complexity index is 577. The first kappa shape index (κ1) is 12.2. The van der Waals surface area contributed by atoms with Gasteiger partial charge < -0.3 is 5.32 Å². The maximum absolute atomic E-state index is 13.3. The van der Waals surface area contributed by atoms with Gasteiger partial charge in [0.25, 0.3) is 0 Å². The second kappa shape index (κ2) is 5.00. The number of aromatic nitrogens is 4. The molecule has 0 unspecified atom stereocenters. The topological polar surface area (TPSA) is 55.6 Å². The Morgan fingerprint density at radius 1 is 1.16 bits per heavy atom. The number of hydrogen-bond donors (Lipinski definition) is 1. The van der Waals surface area contributed by atoms with E-state index in [1.165, 1.54) is 6.07 Å². The van der Waals surface area contributed by atoms with Crippen LogP contribution in [0, 0.1) is 11.6 Å². The van der Waals surface area contributed by atoms with Gasteiger partial charge >= 0.3 is 0 Å². The average molecular weight is 265 g/mol. The van der Waals surface area contributed by atoms with Crippen LogP contribution in [-0.2, 0) is 0 Å². The Hall–Kier alpha value is -1.89. The van der Waals surface area contributed by atoms with E-state index in [2.05, 4.69) is 20.8 Å². The van der Waals surface area contributed by atoms with Gasteiger partial charge in [-0.15, -0.1) is 5.10 Å². The first-order chi connectivity index (χ1) is 9.25. The van der Waals surface area contributed by atoms with Crippen LogP contribution in [0.2, 0.25) is 0 Å². The Morgan fingerprint density at radius 2 is 1.95 bits per heavy atom. The minimum Gasteiger partial charge on any atom is -0.317 e. The van der Waals surface area contributed by atoms with Crippen molar-refractivity contribution < 1.29 is 8.78 Å². The van der Waals surface area contributed by atoms with Gasteiger partial charge in [-0.05, 0) is 54.6 Å². The quantitative estimate of drug-likeness (QED) is 0.895. The van der Waals surface area contributed by atoms with Crippen molar-refractivity contribution >= 4 is 0 Å². The van der Waals surface area contributed by atoms with Gasteiger partial charge in [0, 0.05) is 5.56 Å². The molecule has 5 nitrogen and oxygen atoms in total. The number of rotatable bonds is 2. The van der Waals surface area contributed by atoms with Crippen LogP contribution in [0.5, 0.6) is 0 Å². The molecule has 2 heterocycles. The van der Waals surface area contributed by atoms with Crippen LogP contribution in [0.4, 0.5) is 8.78 Å². The van der Waals surface area contributed by atoms with E-state index in [-0.39, 0.29) is 6.04 Å². The molecule has 1 aromatic heterocycles. The summed E-state index contributed by atoms with van der Waals surface area (Å²) in [6.07, 6.45) is 1.84. The molecule has 0 amide bonds. The summed E-state index contributed by atoms with van der Waals surface area (Å²) in [5, 5.41) is 14.8. The second-order valence-corrected chi connectivity index (χ2v) is 4.56. The van der Waals surface area contributed by atoms with E-state index in [9.17, 15) is 8.78 Å². The van der Waals surface area contributed by atoms with Gasteiger partial charge in [0.2, 0.25) is 0 Å². The first-order valence-corrected chi connectivity index (χ1v) is 6.20. The van der Waals surface area contributed by atoms with Crippen LogP contribution in [0.15, 0.2) is 18.2 Å². The van der Waals surface area contributed by atoms with Gasteiger partial charge in [0.1, 0.15) is 0 Å². The fourth-order valence-electron chi connectivity index (χ4n) is 2.32. The van der Waals surface area contributed by atoms with E-state index in [1.807, 2.05) is 0 Å². The average Bonchev–Trinajstić information content (AvgIpc) is 2.92. The molecule has 100 valence electrons. The van der Waals surface area contributed by atoms with Crippen molar-refractivity contribution in [3.8, 4) is 11.4 Å². The highest BCUT2D eigenvalue weighted by atomic mass is 19.2. The molecule has 0 atom stereocenters. The number of halogens is 2. The molecule has 3 rings (SSSR count). The van der Waals surface area contributed by atoms with Gasteiger partial charge in [-0.1, -0.05) is 0 Å². The van der Waals surface area contributed by atoms with E-state index in [0.717, 1.165) is 38.1 Å². The third-order valence-corrected chi connectivity index (χ3v) is 3.33.